The summed E-state index contributed by atoms with van der Waals surface area (Å²) in [5.41, 5.74) is 1.58. The predicted octanol–water partition coefficient (Wildman–Crippen LogP) is 2.55. The van der Waals surface area contributed by atoms with Gasteiger partial charge in [-0.05, 0) is 31.2 Å². The van der Waals surface area contributed by atoms with Crippen LogP contribution in [0.25, 0.3) is 10.2 Å². The molecule has 0 aliphatic heterocycles. The van der Waals surface area contributed by atoms with Gasteiger partial charge >= 0.3 is 0 Å². The van der Waals surface area contributed by atoms with Gasteiger partial charge in [0.1, 0.15) is 5.75 Å². The van der Waals surface area contributed by atoms with Gasteiger partial charge in [0.25, 0.3) is 0 Å². The van der Waals surface area contributed by atoms with Crippen molar-refractivity contribution in [2.75, 3.05) is 20.7 Å². The number of amides is 1. The summed E-state index contributed by atoms with van der Waals surface area (Å²) in [5.74, 6) is 0.267. The normalized spacial score (nSPS) is 11.7. The highest BCUT2D eigenvalue weighted by Gasteiger charge is 2.23. The maximum absolute atomic E-state index is 12.8. The summed E-state index contributed by atoms with van der Waals surface area (Å²) in [5, 5.41) is 3.60. The van der Waals surface area contributed by atoms with Crippen LogP contribution in [0, 0.1) is 6.92 Å². The molecule has 0 radical (unpaired) electrons. The number of ether oxygens (including phenoxy) is 1. The molecule has 0 saturated carbocycles. The molecule has 1 N–H and O–H groups in total. The van der Waals surface area contributed by atoms with Crippen LogP contribution in [0.1, 0.15) is 10.6 Å². The smallest absolute Gasteiger partial charge is 0.243 e. The van der Waals surface area contributed by atoms with Crippen LogP contribution in [0.3, 0.4) is 0 Å². The second-order valence-electron chi connectivity index (χ2n) is 6.21. The maximum Gasteiger partial charge on any atom is 0.243 e. The van der Waals surface area contributed by atoms with E-state index in [4.69, 9.17) is 4.74 Å². The molecule has 28 heavy (non-hydrogen) atoms. The third kappa shape index (κ3) is 4.32. The molecule has 3 rings (SSSR count). The first kappa shape index (κ1) is 20.2. The summed E-state index contributed by atoms with van der Waals surface area (Å²) < 4.78 is 32.7. The number of methoxy groups -OCH3 is 1. The summed E-state index contributed by atoms with van der Waals surface area (Å²) in [4.78, 5) is 16.7. The molecule has 1 aromatic heterocycles. The van der Waals surface area contributed by atoms with Crippen LogP contribution in [0.15, 0.2) is 47.4 Å². The number of hydrogen-bond donors (Lipinski definition) is 1. The van der Waals surface area contributed by atoms with E-state index in [0.717, 1.165) is 25.1 Å². The molecule has 7 nitrogen and oxygen atoms in total. The van der Waals surface area contributed by atoms with Crippen molar-refractivity contribution in [1.82, 2.24) is 14.6 Å². The molecule has 1 heterocycles. The summed E-state index contributed by atoms with van der Waals surface area (Å²) in [7, 11) is -0.838. The highest BCUT2D eigenvalue weighted by molar-refractivity contribution is 7.89. The second-order valence-corrected chi connectivity index (χ2v) is 9.49. The van der Waals surface area contributed by atoms with Crippen molar-refractivity contribution in [2.24, 2.45) is 0 Å². The molecular weight excluding hydrogens is 398 g/mol. The topological polar surface area (TPSA) is 88.6 Å². The Morgan fingerprint density at radius 2 is 2.00 bits per heavy atom. The van der Waals surface area contributed by atoms with Gasteiger partial charge in [-0.3, -0.25) is 4.79 Å². The van der Waals surface area contributed by atoms with Gasteiger partial charge in [-0.2, -0.15) is 4.31 Å². The maximum atomic E-state index is 12.8. The van der Waals surface area contributed by atoms with Gasteiger partial charge < -0.3 is 10.1 Å². The van der Waals surface area contributed by atoms with E-state index in [1.165, 1.54) is 24.5 Å². The van der Waals surface area contributed by atoms with Crippen LogP contribution >= 0.6 is 11.3 Å². The number of benzene rings is 2. The Kier molecular flexibility index (Phi) is 5.97. The summed E-state index contributed by atoms with van der Waals surface area (Å²) in [6.07, 6.45) is 0. The molecule has 0 spiro atoms. The van der Waals surface area contributed by atoms with E-state index < -0.39 is 15.9 Å². The third-order valence-electron chi connectivity index (χ3n) is 4.21. The molecule has 1 amide bonds. The first-order valence-corrected chi connectivity index (χ1v) is 10.8. The molecule has 0 aliphatic carbocycles. The van der Waals surface area contributed by atoms with Crippen LogP contribution in [0.5, 0.6) is 5.75 Å². The summed E-state index contributed by atoms with van der Waals surface area (Å²) in [6, 6.07) is 12.1. The lowest BCUT2D eigenvalue weighted by Crippen LogP contribution is -2.38. The number of rotatable bonds is 7. The molecule has 3 aromatic rings. The first-order chi connectivity index (χ1) is 13.3. The molecule has 148 valence electrons. The lowest BCUT2D eigenvalue weighted by molar-refractivity contribution is -0.121. The number of hydrogen-bond acceptors (Lipinski definition) is 6. The van der Waals surface area contributed by atoms with E-state index in [1.807, 2.05) is 25.1 Å². The van der Waals surface area contributed by atoms with Gasteiger partial charge in [-0.1, -0.05) is 18.2 Å². The van der Waals surface area contributed by atoms with Crippen LogP contribution in [0.4, 0.5) is 0 Å². The molecule has 0 bridgehead atoms. The number of carbonyl (C=O) groups excluding carboxylic acids is 1. The molecule has 9 heteroatoms. The molecule has 0 aliphatic rings. The van der Waals surface area contributed by atoms with Gasteiger partial charge in [0.05, 0.1) is 33.8 Å². The van der Waals surface area contributed by atoms with Crippen molar-refractivity contribution in [3.63, 3.8) is 0 Å². The van der Waals surface area contributed by atoms with E-state index in [0.29, 0.717) is 5.75 Å². The fourth-order valence-electron chi connectivity index (χ4n) is 2.75. The van der Waals surface area contributed by atoms with Crippen molar-refractivity contribution < 1.29 is 17.9 Å². The Hall–Kier alpha value is -2.49. The summed E-state index contributed by atoms with van der Waals surface area (Å²) in [6.45, 7) is 1.84. The van der Waals surface area contributed by atoms with Gasteiger partial charge in [-0.25, -0.2) is 13.4 Å². The Bertz CT molecular complexity index is 1110. The molecule has 0 saturated heterocycles. The highest BCUT2D eigenvalue weighted by Crippen LogP contribution is 2.25. The number of likely N-dealkylation sites (N-methyl/N-ethyl adjacent to an activating group) is 1. The van der Waals surface area contributed by atoms with E-state index in [9.17, 15) is 13.2 Å². The van der Waals surface area contributed by atoms with E-state index >= 15 is 0 Å². The van der Waals surface area contributed by atoms with E-state index in [2.05, 4.69) is 10.3 Å². The van der Waals surface area contributed by atoms with Gasteiger partial charge in [-0.15, -0.1) is 11.3 Å². The minimum atomic E-state index is -3.79. The summed E-state index contributed by atoms with van der Waals surface area (Å²) >= 11 is 1.43. The Morgan fingerprint density at radius 1 is 1.25 bits per heavy atom. The van der Waals surface area contributed by atoms with Crippen molar-refractivity contribution in [3.8, 4) is 5.75 Å². The van der Waals surface area contributed by atoms with Crippen molar-refractivity contribution in [1.29, 1.82) is 0 Å². The first-order valence-electron chi connectivity index (χ1n) is 8.53. The monoisotopic (exact) mass is 419 g/mol. The molecule has 0 unspecified atom stereocenters. The SMILES string of the molecule is COc1ccccc1CNC(=O)CN(C)S(=O)(=O)c1ccc2nc(C)sc2c1. The highest BCUT2D eigenvalue weighted by atomic mass is 32.2. The third-order valence-corrected chi connectivity index (χ3v) is 6.94. The minimum absolute atomic E-state index is 0.142. The molecule has 0 atom stereocenters. The zero-order valence-electron chi connectivity index (χ0n) is 15.8. The zero-order chi connectivity index (χ0) is 20.3. The quantitative estimate of drug-likeness (QED) is 0.636. The Balaban J connectivity index is 1.68. The van der Waals surface area contributed by atoms with E-state index in [-0.39, 0.29) is 18.0 Å². The minimum Gasteiger partial charge on any atom is -0.496 e. The Morgan fingerprint density at radius 3 is 2.75 bits per heavy atom. The number of aromatic nitrogens is 1. The lowest BCUT2D eigenvalue weighted by atomic mass is 10.2. The fourth-order valence-corrected chi connectivity index (χ4v) is 4.84. The van der Waals surface area contributed by atoms with Crippen LogP contribution < -0.4 is 10.1 Å². The molecule has 0 fully saturated rings. The van der Waals surface area contributed by atoms with Gasteiger partial charge in [0, 0.05) is 19.2 Å². The number of fused-ring (bicyclic) bond motifs is 1. The number of thiazole rings is 1. The van der Waals surface area contributed by atoms with Crippen molar-refractivity contribution in [2.45, 2.75) is 18.4 Å². The second kappa shape index (κ2) is 8.26. The largest absolute Gasteiger partial charge is 0.496 e. The van der Waals surface area contributed by atoms with Crippen molar-refractivity contribution in [3.05, 3.63) is 53.0 Å². The number of sulfonamides is 1. The number of aryl methyl sites for hydroxylation is 1. The number of carbonyl (C=O) groups is 1. The fraction of sp³-hybridized carbons (Fsp3) is 0.263. The average molecular weight is 420 g/mol. The van der Waals surface area contributed by atoms with Crippen LogP contribution in [-0.4, -0.2) is 44.3 Å². The number of para-hydroxylation sites is 1. The standard InChI is InChI=1S/C19H21N3O4S2/c1-13-21-16-9-8-15(10-18(16)27-13)28(24,25)22(2)12-19(23)20-11-14-6-4-5-7-17(14)26-3/h4-10H,11-12H2,1-3H3,(H,20,23). The molecular formula is C19H21N3O4S2. The number of nitrogens with zero attached hydrogens (tertiary/aromatic N) is 2. The van der Waals surface area contributed by atoms with Gasteiger partial charge in [0.15, 0.2) is 0 Å². The van der Waals surface area contributed by atoms with Gasteiger partial charge in [0.2, 0.25) is 15.9 Å². The lowest BCUT2D eigenvalue weighted by Gasteiger charge is -2.17. The zero-order valence-corrected chi connectivity index (χ0v) is 17.4. The van der Waals surface area contributed by atoms with Crippen LogP contribution in [0.2, 0.25) is 0 Å². The van der Waals surface area contributed by atoms with Crippen LogP contribution in [-0.2, 0) is 21.4 Å². The number of nitrogens with one attached hydrogen (secondary N) is 1. The average Bonchev–Trinajstić information content (AvgIpc) is 3.05. The predicted molar refractivity (Wildman–Crippen MR) is 109 cm³/mol. The van der Waals surface area contributed by atoms with E-state index in [1.54, 1.807) is 25.3 Å². The van der Waals surface area contributed by atoms with Crippen molar-refractivity contribution >= 4 is 37.5 Å². The molecule has 2 aromatic carbocycles. The Labute approximate surface area is 168 Å².